The summed E-state index contributed by atoms with van der Waals surface area (Å²) in [6, 6.07) is 6.53. The third kappa shape index (κ3) is 2.77. The molecule has 0 saturated carbocycles. The van der Waals surface area contributed by atoms with Gasteiger partial charge in [-0.15, -0.1) is 0 Å². The second-order valence-corrected chi connectivity index (χ2v) is 4.75. The Labute approximate surface area is 121 Å². The Morgan fingerprint density at radius 3 is 2.41 bits per heavy atom. The number of nitrogens with two attached hydrogens (primary N) is 1. The molecule has 2 aromatic rings. The van der Waals surface area contributed by atoms with E-state index in [1.54, 1.807) is 23.5 Å². The smallest absolute Gasteiger partial charge is 0.332 e. The fourth-order valence-electron chi connectivity index (χ4n) is 1.74. The summed E-state index contributed by atoms with van der Waals surface area (Å²) in [4.78, 5) is 1.23. The number of anilines is 1. The van der Waals surface area contributed by atoms with Gasteiger partial charge in [0.2, 0.25) is 0 Å². The van der Waals surface area contributed by atoms with Crippen LogP contribution >= 0.6 is 11.3 Å². The number of thiazole rings is 1. The van der Waals surface area contributed by atoms with Gasteiger partial charge in [0, 0.05) is 5.56 Å². The molecular weight excluding hydrogens is 350 g/mol. The third-order valence-corrected chi connectivity index (χ3v) is 3.81. The van der Waals surface area contributed by atoms with Crippen molar-refractivity contribution in [1.29, 1.82) is 0 Å². The molecular formula is C12H14FIN2S. The molecule has 17 heavy (non-hydrogen) atoms. The Hall–Kier alpha value is -0.690. The molecule has 1 aromatic carbocycles. The zero-order chi connectivity index (χ0) is 11.7. The lowest BCUT2D eigenvalue weighted by Crippen LogP contribution is -3.00. The summed E-state index contributed by atoms with van der Waals surface area (Å²) in [6.07, 6.45) is 0.933. The minimum atomic E-state index is -0.215. The highest BCUT2D eigenvalue weighted by Crippen LogP contribution is 2.27. The summed E-state index contributed by atoms with van der Waals surface area (Å²) in [6.45, 7) is 2.10. The van der Waals surface area contributed by atoms with Crippen molar-refractivity contribution < 1.29 is 32.9 Å². The second kappa shape index (κ2) is 5.77. The molecule has 1 heterocycles. The first-order chi connectivity index (χ1) is 7.63. The Balaban J connectivity index is 0.00000144. The summed E-state index contributed by atoms with van der Waals surface area (Å²) in [5.41, 5.74) is 7.99. The van der Waals surface area contributed by atoms with Gasteiger partial charge < -0.3 is 24.0 Å². The van der Waals surface area contributed by atoms with Crippen molar-refractivity contribution in [2.45, 2.75) is 13.3 Å². The maximum atomic E-state index is 12.9. The summed E-state index contributed by atoms with van der Waals surface area (Å²) in [7, 11) is 1.93. The van der Waals surface area contributed by atoms with Crippen LogP contribution in [0.15, 0.2) is 24.3 Å². The number of hydrogen-bond donors (Lipinski definition) is 1. The van der Waals surface area contributed by atoms with E-state index in [2.05, 4.69) is 6.92 Å². The first-order valence-electron chi connectivity index (χ1n) is 5.16. The second-order valence-electron chi connectivity index (χ2n) is 3.63. The maximum Gasteiger partial charge on any atom is 0.332 e. The molecule has 0 aliphatic carbocycles. The van der Waals surface area contributed by atoms with Gasteiger partial charge in [0.1, 0.15) is 11.5 Å². The summed E-state index contributed by atoms with van der Waals surface area (Å²) in [5.74, 6) is -0.215. The average Bonchev–Trinajstić information content (AvgIpc) is 2.57. The van der Waals surface area contributed by atoms with Crippen LogP contribution in [0.2, 0.25) is 0 Å². The van der Waals surface area contributed by atoms with Crippen LogP contribution in [0, 0.1) is 5.82 Å². The Bertz CT molecular complexity index is 508. The number of nitrogen functional groups attached to an aromatic ring is 1. The topological polar surface area (TPSA) is 29.9 Å². The van der Waals surface area contributed by atoms with Gasteiger partial charge in [-0.05, 0) is 30.7 Å². The standard InChI is InChI=1S/C12H13FN2S.HI/c1-3-10-11(15(2)12(14)16-10)8-4-6-9(13)7-5-8;/h4-7,14H,3H2,1-2H3;1H. The van der Waals surface area contributed by atoms with Gasteiger partial charge in [-0.25, -0.2) is 8.96 Å². The lowest BCUT2D eigenvalue weighted by molar-refractivity contribution is -0.641. The lowest BCUT2D eigenvalue weighted by atomic mass is 10.1. The molecule has 0 atom stereocenters. The molecule has 2 N–H and O–H groups in total. The molecule has 1 aromatic heterocycles. The van der Waals surface area contributed by atoms with Crippen LogP contribution in [0.5, 0.6) is 0 Å². The van der Waals surface area contributed by atoms with E-state index >= 15 is 0 Å². The molecule has 92 valence electrons. The van der Waals surface area contributed by atoms with E-state index in [0.29, 0.717) is 0 Å². The molecule has 0 bridgehead atoms. The Morgan fingerprint density at radius 2 is 1.88 bits per heavy atom. The van der Waals surface area contributed by atoms with E-state index < -0.39 is 0 Å². The van der Waals surface area contributed by atoms with E-state index in [4.69, 9.17) is 5.73 Å². The molecule has 5 heteroatoms. The maximum absolute atomic E-state index is 12.9. The average molecular weight is 364 g/mol. The van der Waals surface area contributed by atoms with Crippen molar-refractivity contribution in [2.75, 3.05) is 5.73 Å². The first-order valence-corrected chi connectivity index (χ1v) is 5.98. The SMILES string of the molecule is CCc1sc(N)[n+](C)c1-c1ccc(F)cc1.[I-]. The van der Waals surface area contributed by atoms with Gasteiger partial charge in [-0.1, -0.05) is 18.3 Å². The summed E-state index contributed by atoms with van der Waals surface area (Å²) in [5, 5.41) is 0.774. The van der Waals surface area contributed by atoms with Crippen LogP contribution in [-0.2, 0) is 13.5 Å². The predicted molar refractivity (Wildman–Crippen MR) is 64.7 cm³/mol. The minimum absolute atomic E-state index is 0. The number of halogens is 2. The molecule has 0 fully saturated rings. The number of nitrogens with zero attached hydrogens (tertiary/aromatic N) is 1. The molecule has 0 unspecified atom stereocenters. The van der Waals surface area contributed by atoms with Gasteiger partial charge in [0.05, 0.1) is 11.9 Å². The van der Waals surface area contributed by atoms with Crippen molar-refractivity contribution in [3.63, 3.8) is 0 Å². The number of rotatable bonds is 2. The highest BCUT2D eigenvalue weighted by Gasteiger charge is 2.18. The molecule has 0 saturated heterocycles. The van der Waals surface area contributed by atoms with Crippen molar-refractivity contribution in [3.05, 3.63) is 35.0 Å². The van der Waals surface area contributed by atoms with Crippen LogP contribution in [-0.4, -0.2) is 0 Å². The van der Waals surface area contributed by atoms with Crippen molar-refractivity contribution in [3.8, 4) is 11.3 Å². The van der Waals surface area contributed by atoms with Crippen LogP contribution in [0.4, 0.5) is 9.52 Å². The lowest BCUT2D eigenvalue weighted by Gasteiger charge is -2.01. The molecule has 0 radical (unpaired) electrons. The zero-order valence-corrected chi connectivity index (χ0v) is 12.7. The van der Waals surface area contributed by atoms with Crippen molar-refractivity contribution in [1.82, 2.24) is 0 Å². The van der Waals surface area contributed by atoms with E-state index in [1.807, 2.05) is 11.6 Å². The molecule has 2 nitrogen and oxygen atoms in total. The molecule has 2 rings (SSSR count). The van der Waals surface area contributed by atoms with Gasteiger partial charge in [0.25, 0.3) is 0 Å². The van der Waals surface area contributed by atoms with Crippen LogP contribution < -0.4 is 34.3 Å². The van der Waals surface area contributed by atoms with Crippen LogP contribution in [0.3, 0.4) is 0 Å². The molecule has 0 aliphatic rings. The van der Waals surface area contributed by atoms with E-state index in [-0.39, 0.29) is 29.8 Å². The quantitative estimate of drug-likeness (QED) is 0.567. The number of benzene rings is 1. The van der Waals surface area contributed by atoms with E-state index in [1.165, 1.54) is 17.0 Å². The number of aromatic nitrogens is 1. The fraction of sp³-hybridized carbons (Fsp3) is 0.250. The predicted octanol–water partition coefficient (Wildman–Crippen LogP) is -0.473. The summed E-state index contributed by atoms with van der Waals surface area (Å²) >= 11 is 1.59. The zero-order valence-electron chi connectivity index (χ0n) is 9.71. The first kappa shape index (κ1) is 14.4. The van der Waals surface area contributed by atoms with Gasteiger partial charge >= 0.3 is 5.13 Å². The van der Waals surface area contributed by atoms with Crippen molar-refractivity contribution in [2.24, 2.45) is 7.05 Å². The minimum Gasteiger partial charge on any atom is -1.00 e. The summed E-state index contributed by atoms with van der Waals surface area (Å²) < 4.78 is 14.8. The molecule has 0 aliphatic heterocycles. The van der Waals surface area contributed by atoms with E-state index in [9.17, 15) is 4.39 Å². The molecule has 0 amide bonds. The largest absolute Gasteiger partial charge is 1.00 e. The van der Waals surface area contributed by atoms with Gasteiger partial charge in [0.15, 0.2) is 0 Å². The number of aryl methyl sites for hydroxylation is 1. The monoisotopic (exact) mass is 364 g/mol. The highest BCUT2D eigenvalue weighted by atomic mass is 127. The van der Waals surface area contributed by atoms with Gasteiger partial charge in [-0.2, -0.15) is 0 Å². The normalized spacial score (nSPS) is 10.1. The Kier molecular flexibility index (Phi) is 4.88. The third-order valence-electron chi connectivity index (χ3n) is 2.60. The van der Waals surface area contributed by atoms with E-state index in [0.717, 1.165) is 22.8 Å². The molecule has 0 spiro atoms. The van der Waals surface area contributed by atoms with Crippen LogP contribution in [0.25, 0.3) is 11.3 Å². The van der Waals surface area contributed by atoms with Crippen molar-refractivity contribution >= 4 is 16.5 Å². The van der Waals surface area contributed by atoms with Gasteiger partial charge in [-0.3, -0.25) is 5.73 Å². The Morgan fingerprint density at radius 1 is 1.29 bits per heavy atom. The van der Waals surface area contributed by atoms with Crippen LogP contribution in [0.1, 0.15) is 11.8 Å². The fourth-order valence-corrected chi connectivity index (χ4v) is 2.72. The number of hydrogen-bond acceptors (Lipinski definition) is 2. The highest BCUT2D eigenvalue weighted by molar-refractivity contribution is 7.15.